The zero-order chi connectivity index (χ0) is 15.3. The van der Waals surface area contributed by atoms with Crippen LogP contribution in [-0.4, -0.2) is 33.3 Å². The molecule has 1 saturated heterocycles. The number of likely N-dealkylation sites (tertiary alicyclic amines) is 1. The third kappa shape index (κ3) is 3.84. The highest BCUT2D eigenvalue weighted by molar-refractivity contribution is 5.16. The molecule has 1 fully saturated rings. The molecule has 0 bridgehead atoms. The molecular weight excluding hydrogens is 262 g/mol. The van der Waals surface area contributed by atoms with Crippen molar-refractivity contribution in [1.82, 2.24) is 20.1 Å². The van der Waals surface area contributed by atoms with Crippen LogP contribution in [0.15, 0.2) is 12.4 Å². The van der Waals surface area contributed by atoms with Gasteiger partial charge in [-0.15, -0.1) is 0 Å². The first-order chi connectivity index (χ1) is 10.1. The standard InChI is InChI=1S/C16H31N5/c1-4-9-21-13-14(12-18-21)15(19-17)16(2,3)20-10-7-5-6-8-11-20/h12-13,15,19H,4-11,17H2,1-3H3. The zero-order valence-corrected chi connectivity index (χ0v) is 13.8. The van der Waals surface area contributed by atoms with Gasteiger partial charge in [-0.25, -0.2) is 0 Å². The number of nitrogens with one attached hydrogen (secondary N) is 1. The molecule has 1 aliphatic rings. The Morgan fingerprint density at radius 1 is 1.29 bits per heavy atom. The molecule has 0 spiro atoms. The number of hydrogen-bond donors (Lipinski definition) is 2. The van der Waals surface area contributed by atoms with E-state index in [4.69, 9.17) is 5.84 Å². The van der Waals surface area contributed by atoms with Crippen LogP contribution in [0.3, 0.4) is 0 Å². The third-order valence-corrected chi connectivity index (χ3v) is 4.73. The van der Waals surface area contributed by atoms with Crippen molar-refractivity contribution >= 4 is 0 Å². The first kappa shape index (κ1) is 16.5. The number of hydrogen-bond acceptors (Lipinski definition) is 4. The lowest BCUT2D eigenvalue weighted by Crippen LogP contribution is -2.54. The molecule has 1 aromatic heterocycles. The topological polar surface area (TPSA) is 59.1 Å². The third-order valence-electron chi connectivity index (χ3n) is 4.73. The first-order valence-electron chi connectivity index (χ1n) is 8.33. The minimum absolute atomic E-state index is 0.0147. The van der Waals surface area contributed by atoms with Crippen LogP contribution in [0.25, 0.3) is 0 Å². The smallest absolute Gasteiger partial charge is 0.0669 e. The van der Waals surface area contributed by atoms with Gasteiger partial charge >= 0.3 is 0 Å². The SMILES string of the molecule is CCCn1cc(C(NN)C(C)(C)N2CCCCCC2)cn1. The first-order valence-corrected chi connectivity index (χ1v) is 8.33. The van der Waals surface area contributed by atoms with Crippen molar-refractivity contribution in [2.75, 3.05) is 13.1 Å². The van der Waals surface area contributed by atoms with Gasteiger partial charge in [0, 0.05) is 23.8 Å². The molecule has 1 aliphatic heterocycles. The highest BCUT2D eigenvalue weighted by Crippen LogP contribution is 2.32. The maximum absolute atomic E-state index is 5.91. The summed E-state index contributed by atoms with van der Waals surface area (Å²) in [6.07, 6.45) is 10.5. The van der Waals surface area contributed by atoms with Crippen molar-refractivity contribution in [3.63, 3.8) is 0 Å². The van der Waals surface area contributed by atoms with E-state index in [-0.39, 0.29) is 11.6 Å². The van der Waals surface area contributed by atoms with Crippen molar-refractivity contribution in [1.29, 1.82) is 0 Å². The molecule has 3 N–H and O–H groups in total. The van der Waals surface area contributed by atoms with E-state index in [2.05, 4.69) is 42.4 Å². The van der Waals surface area contributed by atoms with Crippen LogP contribution in [0.1, 0.15) is 64.5 Å². The minimum atomic E-state index is -0.0147. The lowest BCUT2D eigenvalue weighted by atomic mass is 9.88. The minimum Gasteiger partial charge on any atom is -0.296 e. The van der Waals surface area contributed by atoms with E-state index in [0.29, 0.717) is 0 Å². The number of nitrogens with zero attached hydrogens (tertiary/aromatic N) is 3. The van der Waals surface area contributed by atoms with E-state index in [1.54, 1.807) is 0 Å². The molecule has 5 heteroatoms. The molecular formula is C16H31N5. The molecule has 0 radical (unpaired) electrons. The summed E-state index contributed by atoms with van der Waals surface area (Å²) >= 11 is 0. The summed E-state index contributed by atoms with van der Waals surface area (Å²) in [5.41, 5.74) is 4.20. The predicted molar refractivity (Wildman–Crippen MR) is 86.7 cm³/mol. The molecule has 1 atom stereocenters. The van der Waals surface area contributed by atoms with E-state index >= 15 is 0 Å². The van der Waals surface area contributed by atoms with Crippen molar-refractivity contribution < 1.29 is 0 Å². The van der Waals surface area contributed by atoms with Crippen LogP contribution in [0, 0.1) is 0 Å². The molecule has 0 amide bonds. The molecule has 2 rings (SSSR count). The van der Waals surface area contributed by atoms with Crippen LogP contribution in [0.5, 0.6) is 0 Å². The zero-order valence-electron chi connectivity index (χ0n) is 13.8. The van der Waals surface area contributed by atoms with E-state index in [1.165, 1.54) is 31.2 Å². The number of rotatable bonds is 6. The largest absolute Gasteiger partial charge is 0.296 e. The van der Waals surface area contributed by atoms with Gasteiger partial charge in [-0.1, -0.05) is 19.8 Å². The summed E-state index contributed by atoms with van der Waals surface area (Å²) in [5.74, 6) is 5.91. The summed E-state index contributed by atoms with van der Waals surface area (Å²) in [6.45, 7) is 10.0. The van der Waals surface area contributed by atoms with Gasteiger partial charge in [0.25, 0.3) is 0 Å². The van der Waals surface area contributed by atoms with E-state index < -0.39 is 0 Å². The number of nitrogens with two attached hydrogens (primary N) is 1. The summed E-state index contributed by atoms with van der Waals surface area (Å²) in [4.78, 5) is 2.59. The van der Waals surface area contributed by atoms with Crippen molar-refractivity contribution in [3.05, 3.63) is 18.0 Å². The maximum Gasteiger partial charge on any atom is 0.0669 e. The summed E-state index contributed by atoms with van der Waals surface area (Å²) in [5, 5.41) is 4.45. The maximum atomic E-state index is 5.91. The predicted octanol–water partition coefficient (Wildman–Crippen LogP) is 2.45. The average molecular weight is 293 g/mol. The monoisotopic (exact) mass is 293 g/mol. The van der Waals surface area contributed by atoms with Gasteiger partial charge in [-0.3, -0.25) is 20.9 Å². The number of hydrazine groups is 1. The average Bonchev–Trinajstić information content (AvgIpc) is 2.74. The van der Waals surface area contributed by atoms with Crippen molar-refractivity contribution in [2.24, 2.45) is 5.84 Å². The fourth-order valence-corrected chi connectivity index (χ4v) is 3.42. The normalized spacial score (nSPS) is 19.4. The fraction of sp³-hybridized carbons (Fsp3) is 0.812. The van der Waals surface area contributed by atoms with Crippen molar-refractivity contribution in [2.45, 2.75) is 71.0 Å². The van der Waals surface area contributed by atoms with Crippen LogP contribution in [0.4, 0.5) is 0 Å². The molecule has 0 aromatic carbocycles. The van der Waals surface area contributed by atoms with Gasteiger partial charge in [0.2, 0.25) is 0 Å². The lowest BCUT2D eigenvalue weighted by Gasteiger charge is -2.43. The van der Waals surface area contributed by atoms with Crippen LogP contribution in [0.2, 0.25) is 0 Å². The van der Waals surface area contributed by atoms with Crippen LogP contribution < -0.4 is 11.3 Å². The van der Waals surface area contributed by atoms with Crippen molar-refractivity contribution in [3.8, 4) is 0 Å². The van der Waals surface area contributed by atoms with Gasteiger partial charge in [-0.2, -0.15) is 5.10 Å². The molecule has 21 heavy (non-hydrogen) atoms. The van der Waals surface area contributed by atoms with Gasteiger partial charge in [0.1, 0.15) is 0 Å². The van der Waals surface area contributed by atoms with Crippen LogP contribution >= 0.6 is 0 Å². The molecule has 0 saturated carbocycles. The molecule has 120 valence electrons. The second-order valence-corrected chi connectivity index (χ2v) is 6.69. The lowest BCUT2D eigenvalue weighted by molar-refractivity contribution is 0.0834. The molecule has 2 heterocycles. The summed E-state index contributed by atoms with van der Waals surface area (Å²) in [6, 6.07) is 0.0983. The van der Waals surface area contributed by atoms with Gasteiger partial charge in [-0.05, 0) is 46.2 Å². The Hall–Kier alpha value is -0.910. The van der Waals surface area contributed by atoms with E-state index in [9.17, 15) is 0 Å². The molecule has 0 aliphatic carbocycles. The second kappa shape index (κ2) is 7.38. The quantitative estimate of drug-likeness (QED) is 0.625. The Bertz CT molecular complexity index is 418. The van der Waals surface area contributed by atoms with E-state index in [0.717, 1.165) is 26.1 Å². The van der Waals surface area contributed by atoms with Gasteiger partial charge in [0.05, 0.1) is 12.2 Å². The van der Waals surface area contributed by atoms with E-state index in [1.807, 2.05) is 10.9 Å². The molecule has 1 unspecified atom stereocenters. The highest BCUT2D eigenvalue weighted by atomic mass is 15.3. The van der Waals surface area contributed by atoms with Gasteiger partial charge in [0.15, 0.2) is 0 Å². The number of aromatic nitrogens is 2. The number of aryl methyl sites for hydroxylation is 1. The highest BCUT2D eigenvalue weighted by Gasteiger charge is 2.36. The second-order valence-electron chi connectivity index (χ2n) is 6.69. The van der Waals surface area contributed by atoms with Crippen LogP contribution in [-0.2, 0) is 6.54 Å². The summed E-state index contributed by atoms with van der Waals surface area (Å²) in [7, 11) is 0. The Morgan fingerprint density at radius 2 is 1.95 bits per heavy atom. The summed E-state index contributed by atoms with van der Waals surface area (Å²) < 4.78 is 2.01. The Labute approximate surface area is 128 Å². The fourth-order valence-electron chi connectivity index (χ4n) is 3.42. The molecule has 5 nitrogen and oxygen atoms in total. The Kier molecular flexibility index (Phi) is 5.79. The van der Waals surface area contributed by atoms with Gasteiger partial charge < -0.3 is 0 Å². The Balaban J connectivity index is 2.16. The molecule has 1 aromatic rings. The Morgan fingerprint density at radius 3 is 2.52 bits per heavy atom.